The number of rotatable bonds is 2. The fourth-order valence-corrected chi connectivity index (χ4v) is 3.19. The van der Waals surface area contributed by atoms with E-state index in [4.69, 9.17) is 15.2 Å². The Labute approximate surface area is 121 Å². The lowest BCUT2D eigenvalue weighted by Crippen LogP contribution is -2.45. The van der Waals surface area contributed by atoms with Gasteiger partial charge >= 0.3 is 6.09 Å². The molecule has 1 saturated carbocycles. The van der Waals surface area contributed by atoms with E-state index in [0.717, 1.165) is 38.5 Å². The maximum Gasteiger partial charge on any atom is 0.407 e. The monoisotopic (exact) mass is 284 g/mol. The molecule has 0 radical (unpaired) electrons. The van der Waals surface area contributed by atoms with E-state index in [1.165, 1.54) is 0 Å². The van der Waals surface area contributed by atoms with Crippen LogP contribution in [0.25, 0.3) is 0 Å². The lowest BCUT2D eigenvalue weighted by atomic mass is 9.80. The molecule has 1 amide bonds. The number of nitrogens with one attached hydrogen (secondary N) is 1. The summed E-state index contributed by atoms with van der Waals surface area (Å²) in [5.41, 5.74) is 5.26. The van der Waals surface area contributed by atoms with Crippen molar-refractivity contribution in [2.45, 2.75) is 82.6 Å². The highest BCUT2D eigenvalue weighted by Gasteiger charge is 2.42. The topological polar surface area (TPSA) is 73.6 Å². The average molecular weight is 284 g/mol. The average Bonchev–Trinajstić information content (AvgIpc) is 2.74. The zero-order chi connectivity index (χ0) is 14.8. The number of amides is 1. The first-order valence-electron chi connectivity index (χ1n) is 7.69. The van der Waals surface area contributed by atoms with Gasteiger partial charge in [0.2, 0.25) is 0 Å². The van der Waals surface area contributed by atoms with Crippen LogP contribution in [0.15, 0.2) is 0 Å². The van der Waals surface area contributed by atoms with Crippen LogP contribution < -0.4 is 11.1 Å². The largest absolute Gasteiger partial charge is 0.444 e. The van der Waals surface area contributed by atoms with E-state index >= 15 is 0 Å². The molecule has 2 fully saturated rings. The van der Waals surface area contributed by atoms with Crippen molar-refractivity contribution < 1.29 is 14.3 Å². The van der Waals surface area contributed by atoms with Gasteiger partial charge in [-0.2, -0.15) is 0 Å². The van der Waals surface area contributed by atoms with Crippen LogP contribution in [-0.4, -0.2) is 36.0 Å². The van der Waals surface area contributed by atoms with Crippen molar-refractivity contribution in [2.24, 2.45) is 5.73 Å². The molecule has 1 saturated heterocycles. The minimum absolute atomic E-state index is 0.0240. The number of hydrogen-bond donors (Lipinski definition) is 2. The van der Waals surface area contributed by atoms with Gasteiger partial charge in [-0.15, -0.1) is 0 Å². The second-order valence-electron chi connectivity index (χ2n) is 7.12. The summed E-state index contributed by atoms with van der Waals surface area (Å²) in [5, 5.41) is 2.97. The molecule has 1 spiro atoms. The first-order valence-corrected chi connectivity index (χ1v) is 7.69. The van der Waals surface area contributed by atoms with Crippen LogP contribution in [0.5, 0.6) is 0 Å². The SMILES string of the molecule is CC(C)(C)OC(=O)NC1CCC2(CC1)CC[C@H](CN)O2. The third-order valence-electron chi connectivity index (χ3n) is 4.22. The van der Waals surface area contributed by atoms with E-state index in [9.17, 15) is 4.79 Å². The normalized spacial score (nSPS) is 34.2. The molecule has 5 nitrogen and oxygen atoms in total. The number of nitrogens with two attached hydrogens (primary N) is 1. The van der Waals surface area contributed by atoms with Crippen LogP contribution in [0.4, 0.5) is 4.79 Å². The van der Waals surface area contributed by atoms with Crippen molar-refractivity contribution in [1.82, 2.24) is 5.32 Å². The van der Waals surface area contributed by atoms with Crippen LogP contribution in [-0.2, 0) is 9.47 Å². The molecule has 1 aliphatic carbocycles. The molecule has 5 heteroatoms. The van der Waals surface area contributed by atoms with Crippen molar-refractivity contribution in [2.75, 3.05) is 6.54 Å². The Kier molecular flexibility index (Phi) is 4.59. The Balaban J connectivity index is 1.76. The second-order valence-corrected chi connectivity index (χ2v) is 7.12. The Morgan fingerprint density at radius 3 is 2.40 bits per heavy atom. The lowest BCUT2D eigenvalue weighted by molar-refractivity contribution is -0.0646. The van der Waals surface area contributed by atoms with Gasteiger partial charge in [0.05, 0.1) is 11.7 Å². The van der Waals surface area contributed by atoms with Gasteiger partial charge in [0, 0.05) is 12.6 Å². The van der Waals surface area contributed by atoms with Crippen LogP contribution in [0.1, 0.15) is 59.3 Å². The van der Waals surface area contributed by atoms with Gasteiger partial charge in [0.15, 0.2) is 0 Å². The van der Waals surface area contributed by atoms with Crippen LogP contribution in [0, 0.1) is 0 Å². The highest BCUT2D eigenvalue weighted by Crippen LogP contribution is 2.41. The molecule has 1 atom stereocenters. The summed E-state index contributed by atoms with van der Waals surface area (Å²) < 4.78 is 11.4. The minimum Gasteiger partial charge on any atom is -0.444 e. The van der Waals surface area contributed by atoms with E-state index in [1.807, 2.05) is 20.8 Å². The van der Waals surface area contributed by atoms with Gasteiger partial charge in [-0.25, -0.2) is 4.79 Å². The van der Waals surface area contributed by atoms with Gasteiger partial charge in [-0.05, 0) is 59.3 Å². The van der Waals surface area contributed by atoms with E-state index in [0.29, 0.717) is 6.54 Å². The Morgan fingerprint density at radius 1 is 1.30 bits per heavy atom. The summed E-state index contributed by atoms with van der Waals surface area (Å²) in [5.74, 6) is 0. The predicted octanol–water partition coefficient (Wildman–Crippen LogP) is 2.33. The standard InChI is InChI=1S/C15H28N2O3/c1-14(2,3)20-13(18)17-11-4-7-15(8-5-11)9-6-12(10-16)19-15/h11-12H,4-10,16H2,1-3H3,(H,17,18)/t11?,12-,15?/m1/s1. The third-order valence-corrected chi connectivity index (χ3v) is 4.22. The summed E-state index contributed by atoms with van der Waals surface area (Å²) in [6.45, 7) is 6.24. The Bertz CT molecular complexity index is 344. The predicted molar refractivity (Wildman–Crippen MR) is 77.5 cm³/mol. The number of ether oxygens (including phenoxy) is 2. The van der Waals surface area contributed by atoms with Crippen LogP contribution in [0.3, 0.4) is 0 Å². The van der Waals surface area contributed by atoms with E-state index in [1.54, 1.807) is 0 Å². The highest BCUT2D eigenvalue weighted by molar-refractivity contribution is 5.68. The fourth-order valence-electron chi connectivity index (χ4n) is 3.19. The second kappa shape index (κ2) is 5.90. The van der Waals surface area contributed by atoms with Gasteiger partial charge in [0.25, 0.3) is 0 Å². The molecule has 20 heavy (non-hydrogen) atoms. The van der Waals surface area contributed by atoms with Gasteiger partial charge in [-0.3, -0.25) is 0 Å². The molecule has 2 aliphatic rings. The highest BCUT2D eigenvalue weighted by atomic mass is 16.6. The van der Waals surface area contributed by atoms with Crippen molar-refractivity contribution >= 4 is 6.09 Å². The molecular weight excluding hydrogens is 256 g/mol. The third kappa shape index (κ3) is 4.09. The summed E-state index contributed by atoms with van der Waals surface area (Å²) in [7, 11) is 0. The van der Waals surface area contributed by atoms with Gasteiger partial charge in [0.1, 0.15) is 5.60 Å². The molecule has 0 unspecified atom stereocenters. The maximum absolute atomic E-state index is 11.8. The quantitative estimate of drug-likeness (QED) is 0.816. The molecule has 1 aliphatic heterocycles. The first kappa shape index (κ1) is 15.6. The molecule has 0 aromatic heterocycles. The minimum atomic E-state index is -0.442. The van der Waals surface area contributed by atoms with Gasteiger partial charge in [-0.1, -0.05) is 0 Å². The van der Waals surface area contributed by atoms with Crippen LogP contribution >= 0.6 is 0 Å². The molecular formula is C15H28N2O3. The molecule has 0 aromatic rings. The first-order chi connectivity index (χ1) is 9.32. The molecule has 2 rings (SSSR count). The summed E-state index contributed by atoms with van der Waals surface area (Å²) >= 11 is 0. The lowest BCUT2D eigenvalue weighted by Gasteiger charge is -2.37. The molecule has 0 bridgehead atoms. The smallest absolute Gasteiger partial charge is 0.407 e. The fraction of sp³-hybridized carbons (Fsp3) is 0.933. The van der Waals surface area contributed by atoms with Crippen molar-refractivity contribution in [1.29, 1.82) is 0 Å². The molecule has 0 aromatic carbocycles. The Hall–Kier alpha value is -0.810. The van der Waals surface area contributed by atoms with Crippen molar-refractivity contribution in [3.8, 4) is 0 Å². The zero-order valence-corrected chi connectivity index (χ0v) is 12.9. The number of alkyl carbamates (subject to hydrolysis) is 1. The summed E-state index contributed by atoms with van der Waals surface area (Å²) in [4.78, 5) is 11.8. The molecule has 116 valence electrons. The van der Waals surface area contributed by atoms with Crippen molar-refractivity contribution in [3.05, 3.63) is 0 Å². The number of carbonyl (C=O) groups excluding carboxylic acids is 1. The van der Waals surface area contributed by atoms with E-state index < -0.39 is 5.60 Å². The number of carbonyl (C=O) groups is 1. The Morgan fingerprint density at radius 2 is 1.90 bits per heavy atom. The van der Waals surface area contributed by atoms with Crippen LogP contribution in [0.2, 0.25) is 0 Å². The zero-order valence-electron chi connectivity index (χ0n) is 12.9. The van der Waals surface area contributed by atoms with Gasteiger partial charge < -0.3 is 20.5 Å². The maximum atomic E-state index is 11.8. The molecule has 3 N–H and O–H groups in total. The summed E-state index contributed by atoms with van der Waals surface area (Å²) in [6.07, 6.45) is 6.01. The number of hydrogen-bond acceptors (Lipinski definition) is 4. The van der Waals surface area contributed by atoms with E-state index in [2.05, 4.69) is 5.32 Å². The molecule has 1 heterocycles. The summed E-state index contributed by atoms with van der Waals surface area (Å²) in [6, 6.07) is 0.205. The van der Waals surface area contributed by atoms with Crippen molar-refractivity contribution in [3.63, 3.8) is 0 Å². The van der Waals surface area contributed by atoms with E-state index in [-0.39, 0.29) is 23.8 Å².